The summed E-state index contributed by atoms with van der Waals surface area (Å²) in [7, 11) is 0. The molecule has 1 heterocycles. The molecule has 112 valence electrons. The van der Waals surface area contributed by atoms with Gasteiger partial charge in [-0.2, -0.15) is 0 Å². The van der Waals surface area contributed by atoms with Gasteiger partial charge in [-0.05, 0) is 43.3 Å². The predicted octanol–water partition coefficient (Wildman–Crippen LogP) is 2.00. The SMILES string of the molecule is O=C(NC(=S)NC1CCCC1)c1ccc2c(c1)OCCO2. The molecule has 0 atom stereocenters. The highest BCUT2D eigenvalue weighted by Crippen LogP contribution is 2.30. The van der Waals surface area contributed by atoms with Crippen LogP contribution in [0, 0.1) is 0 Å². The topological polar surface area (TPSA) is 59.6 Å². The molecule has 0 aromatic heterocycles. The molecule has 1 saturated carbocycles. The molecule has 21 heavy (non-hydrogen) atoms. The lowest BCUT2D eigenvalue weighted by Gasteiger charge is -2.19. The zero-order valence-electron chi connectivity index (χ0n) is 11.7. The van der Waals surface area contributed by atoms with Gasteiger partial charge in [-0.1, -0.05) is 12.8 Å². The number of nitrogens with one attached hydrogen (secondary N) is 2. The molecular formula is C15H18N2O3S. The predicted molar refractivity (Wildman–Crippen MR) is 82.9 cm³/mol. The minimum Gasteiger partial charge on any atom is -0.486 e. The van der Waals surface area contributed by atoms with Crippen LogP contribution in [-0.2, 0) is 0 Å². The summed E-state index contributed by atoms with van der Waals surface area (Å²) in [5.74, 6) is 1.04. The highest BCUT2D eigenvalue weighted by Gasteiger charge is 2.18. The number of hydrogen-bond acceptors (Lipinski definition) is 4. The highest BCUT2D eigenvalue weighted by molar-refractivity contribution is 7.80. The number of thiocarbonyl (C=S) groups is 1. The van der Waals surface area contributed by atoms with Gasteiger partial charge in [-0.15, -0.1) is 0 Å². The van der Waals surface area contributed by atoms with Gasteiger partial charge in [-0.3, -0.25) is 10.1 Å². The van der Waals surface area contributed by atoms with Crippen LogP contribution in [-0.4, -0.2) is 30.3 Å². The number of fused-ring (bicyclic) bond motifs is 1. The lowest BCUT2D eigenvalue weighted by atomic mass is 10.2. The Bertz CT molecular complexity index is 556. The first-order valence-corrected chi connectivity index (χ1v) is 7.65. The van der Waals surface area contributed by atoms with Gasteiger partial charge in [0, 0.05) is 11.6 Å². The zero-order chi connectivity index (χ0) is 14.7. The van der Waals surface area contributed by atoms with E-state index in [2.05, 4.69) is 10.6 Å². The van der Waals surface area contributed by atoms with Crippen LogP contribution in [0.1, 0.15) is 36.0 Å². The molecule has 2 aliphatic rings. The Balaban J connectivity index is 1.60. The molecule has 1 aliphatic carbocycles. The molecule has 3 rings (SSSR count). The van der Waals surface area contributed by atoms with Gasteiger partial charge in [0.25, 0.3) is 5.91 Å². The molecule has 1 amide bonds. The minimum absolute atomic E-state index is 0.234. The fourth-order valence-electron chi connectivity index (χ4n) is 2.65. The Morgan fingerprint density at radius 3 is 2.62 bits per heavy atom. The lowest BCUT2D eigenvalue weighted by molar-refractivity contribution is 0.0975. The summed E-state index contributed by atoms with van der Waals surface area (Å²) in [5, 5.41) is 6.29. The second-order valence-corrected chi connectivity index (χ2v) is 5.68. The molecule has 0 saturated heterocycles. The van der Waals surface area contributed by atoms with Crippen molar-refractivity contribution in [1.82, 2.24) is 10.6 Å². The lowest BCUT2D eigenvalue weighted by Crippen LogP contribution is -2.43. The number of carbonyl (C=O) groups excluding carboxylic acids is 1. The normalized spacial score (nSPS) is 17.3. The van der Waals surface area contributed by atoms with Crippen molar-refractivity contribution in [3.63, 3.8) is 0 Å². The summed E-state index contributed by atoms with van der Waals surface area (Å²) in [6.07, 6.45) is 4.66. The molecular weight excluding hydrogens is 288 g/mol. The third-order valence-electron chi connectivity index (χ3n) is 3.72. The largest absolute Gasteiger partial charge is 0.486 e. The molecule has 1 aliphatic heterocycles. The van der Waals surface area contributed by atoms with Gasteiger partial charge in [0.05, 0.1) is 0 Å². The molecule has 0 spiro atoms. The first kappa shape index (κ1) is 14.1. The summed E-state index contributed by atoms with van der Waals surface area (Å²) >= 11 is 5.19. The first-order valence-electron chi connectivity index (χ1n) is 7.24. The summed E-state index contributed by atoms with van der Waals surface area (Å²) in [6, 6.07) is 5.53. The van der Waals surface area contributed by atoms with Crippen LogP contribution in [0.25, 0.3) is 0 Å². The number of amides is 1. The van der Waals surface area contributed by atoms with Crippen LogP contribution in [0.5, 0.6) is 11.5 Å². The Hall–Kier alpha value is -1.82. The third kappa shape index (κ3) is 3.44. The van der Waals surface area contributed by atoms with Crippen LogP contribution in [0.3, 0.4) is 0 Å². The summed E-state index contributed by atoms with van der Waals surface area (Å²) in [4.78, 5) is 12.2. The van der Waals surface area contributed by atoms with Crippen LogP contribution in [0.2, 0.25) is 0 Å². The fraction of sp³-hybridized carbons (Fsp3) is 0.467. The maximum absolute atomic E-state index is 12.2. The number of carbonyl (C=O) groups is 1. The molecule has 1 aromatic rings. The minimum atomic E-state index is -0.234. The van der Waals surface area contributed by atoms with Crippen molar-refractivity contribution in [2.75, 3.05) is 13.2 Å². The van der Waals surface area contributed by atoms with E-state index in [4.69, 9.17) is 21.7 Å². The molecule has 1 aromatic carbocycles. The monoisotopic (exact) mass is 306 g/mol. The standard InChI is InChI=1S/C15H18N2O3S/c18-14(17-15(21)16-11-3-1-2-4-11)10-5-6-12-13(9-10)20-8-7-19-12/h5-6,9,11H,1-4,7-8H2,(H2,16,17,18,21). The molecule has 2 N–H and O–H groups in total. The van der Waals surface area contributed by atoms with E-state index in [0.717, 1.165) is 12.8 Å². The summed E-state index contributed by atoms with van der Waals surface area (Å²) in [5.41, 5.74) is 0.509. The van der Waals surface area contributed by atoms with E-state index < -0.39 is 0 Å². The van der Waals surface area contributed by atoms with Gasteiger partial charge in [0.15, 0.2) is 16.6 Å². The third-order valence-corrected chi connectivity index (χ3v) is 3.94. The van der Waals surface area contributed by atoms with Crippen molar-refractivity contribution in [1.29, 1.82) is 0 Å². The molecule has 5 nitrogen and oxygen atoms in total. The Morgan fingerprint density at radius 2 is 1.86 bits per heavy atom. The second-order valence-electron chi connectivity index (χ2n) is 5.27. The van der Waals surface area contributed by atoms with Crippen molar-refractivity contribution in [2.24, 2.45) is 0 Å². The van der Waals surface area contributed by atoms with Gasteiger partial charge < -0.3 is 14.8 Å². The van der Waals surface area contributed by atoms with Crippen LogP contribution in [0.4, 0.5) is 0 Å². The Morgan fingerprint density at radius 1 is 1.14 bits per heavy atom. The Labute approximate surface area is 129 Å². The average molecular weight is 306 g/mol. The van der Waals surface area contributed by atoms with E-state index in [-0.39, 0.29) is 5.91 Å². The maximum atomic E-state index is 12.2. The van der Waals surface area contributed by atoms with Crippen LogP contribution in [0.15, 0.2) is 18.2 Å². The molecule has 0 radical (unpaired) electrons. The highest BCUT2D eigenvalue weighted by atomic mass is 32.1. The van der Waals surface area contributed by atoms with Crippen LogP contribution < -0.4 is 20.1 Å². The van der Waals surface area contributed by atoms with E-state index in [1.165, 1.54) is 12.8 Å². The van der Waals surface area contributed by atoms with Crippen molar-refractivity contribution in [3.05, 3.63) is 23.8 Å². The number of hydrogen-bond donors (Lipinski definition) is 2. The van der Waals surface area contributed by atoms with Gasteiger partial charge >= 0.3 is 0 Å². The van der Waals surface area contributed by atoms with Gasteiger partial charge in [-0.25, -0.2) is 0 Å². The zero-order valence-corrected chi connectivity index (χ0v) is 12.5. The van der Waals surface area contributed by atoms with E-state index >= 15 is 0 Å². The van der Waals surface area contributed by atoms with Gasteiger partial charge in [0.2, 0.25) is 0 Å². The fourth-order valence-corrected chi connectivity index (χ4v) is 2.91. The van der Waals surface area contributed by atoms with E-state index in [1.54, 1.807) is 18.2 Å². The number of rotatable bonds is 2. The molecule has 0 bridgehead atoms. The second kappa shape index (κ2) is 6.30. The van der Waals surface area contributed by atoms with Crippen molar-refractivity contribution in [3.8, 4) is 11.5 Å². The quantitative estimate of drug-likeness (QED) is 0.819. The van der Waals surface area contributed by atoms with E-state index in [9.17, 15) is 4.79 Å². The summed E-state index contributed by atoms with van der Waals surface area (Å²) < 4.78 is 10.9. The smallest absolute Gasteiger partial charge is 0.257 e. The Kier molecular flexibility index (Phi) is 4.24. The van der Waals surface area contributed by atoms with Gasteiger partial charge in [0.1, 0.15) is 13.2 Å². The van der Waals surface area contributed by atoms with Crippen molar-refractivity contribution >= 4 is 23.2 Å². The summed E-state index contributed by atoms with van der Waals surface area (Å²) in [6.45, 7) is 1.04. The number of ether oxygens (including phenoxy) is 2. The molecule has 0 unspecified atom stereocenters. The van der Waals surface area contributed by atoms with E-state index in [1.807, 2.05) is 0 Å². The van der Waals surface area contributed by atoms with Crippen LogP contribution >= 0.6 is 12.2 Å². The molecule has 1 fully saturated rings. The van der Waals surface area contributed by atoms with Crippen molar-refractivity contribution in [2.45, 2.75) is 31.7 Å². The van der Waals surface area contributed by atoms with E-state index in [0.29, 0.717) is 41.4 Å². The average Bonchev–Trinajstić information content (AvgIpc) is 2.99. The maximum Gasteiger partial charge on any atom is 0.257 e. The van der Waals surface area contributed by atoms with Crippen molar-refractivity contribution < 1.29 is 14.3 Å². The first-order chi connectivity index (χ1) is 10.2. The number of benzene rings is 1. The molecule has 6 heteroatoms.